The molecule has 0 spiro atoms. The molecule has 2 atom stereocenters. The van der Waals surface area contributed by atoms with Gasteiger partial charge in [0.15, 0.2) is 5.69 Å². The lowest BCUT2D eigenvalue weighted by Gasteiger charge is -2.36. The third-order valence-electron chi connectivity index (χ3n) is 3.85. The highest BCUT2D eigenvalue weighted by molar-refractivity contribution is 7.14. The molecule has 1 aromatic heterocycles. The molecule has 1 aliphatic carbocycles. The number of aliphatic hydroxyl groups is 1. The summed E-state index contributed by atoms with van der Waals surface area (Å²) >= 11 is 0.794. The van der Waals surface area contributed by atoms with E-state index in [-0.39, 0.29) is 17.2 Å². The summed E-state index contributed by atoms with van der Waals surface area (Å²) in [6.45, 7) is 0. The Bertz CT molecular complexity index is 645. The highest BCUT2D eigenvalue weighted by atomic mass is 32.1. The number of fused-ring (bicyclic) bond motifs is 1. The zero-order valence-electron chi connectivity index (χ0n) is 11.4. The van der Waals surface area contributed by atoms with Crippen molar-refractivity contribution in [3.05, 3.63) is 11.1 Å². The number of nitrogens with zero attached hydrogens (tertiary/aromatic N) is 3. The molecule has 0 unspecified atom stereocenters. The third kappa shape index (κ3) is 2.01. The fourth-order valence-electron chi connectivity index (χ4n) is 2.80. The van der Waals surface area contributed by atoms with Gasteiger partial charge >= 0.3 is 12.1 Å². The molecular weight excluding hydrogens is 323 g/mol. The first-order chi connectivity index (χ1) is 10.3. The van der Waals surface area contributed by atoms with Crippen LogP contribution in [0.4, 0.5) is 18.3 Å². The Morgan fingerprint density at radius 2 is 2.32 bits per heavy atom. The monoisotopic (exact) mass is 335 g/mol. The van der Waals surface area contributed by atoms with Crippen LogP contribution in [0.1, 0.15) is 29.8 Å². The fourth-order valence-corrected chi connectivity index (χ4v) is 3.60. The fraction of sp³-hybridized carbons (Fsp3) is 0.583. The molecule has 1 aromatic rings. The number of anilines is 1. The van der Waals surface area contributed by atoms with Crippen LogP contribution in [0.25, 0.3) is 0 Å². The normalized spacial score (nSPS) is 27.8. The molecule has 2 heterocycles. The number of hydrazone groups is 1. The molecule has 0 saturated heterocycles. The van der Waals surface area contributed by atoms with Crippen LogP contribution in [-0.2, 0) is 4.74 Å². The molecule has 2 aliphatic rings. The number of hydrogen-bond donors (Lipinski definition) is 1. The van der Waals surface area contributed by atoms with Gasteiger partial charge in [-0.15, -0.1) is 11.3 Å². The van der Waals surface area contributed by atoms with Crippen molar-refractivity contribution in [1.82, 2.24) is 4.98 Å². The molecule has 1 saturated carbocycles. The molecule has 3 rings (SSSR count). The van der Waals surface area contributed by atoms with Crippen LogP contribution >= 0.6 is 11.3 Å². The van der Waals surface area contributed by atoms with Crippen molar-refractivity contribution in [3.8, 4) is 0 Å². The molecule has 0 radical (unpaired) electrons. The van der Waals surface area contributed by atoms with Gasteiger partial charge in [-0.3, -0.25) is 0 Å². The summed E-state index contributed by atoms with van der Waals surface area (Å²) in [6, 6.07) is 0. The van der Waals surface area contributed by atoms with Crippen LogP contribution < -0.4 is 5.01 Å². The Balaban J connectivity index is 2.03. The number of esters is 1. The van der Waals surface area contributed by atoms with Crippen molar-refractivity contribution in [2.75, 3.05) is 12.1 Å². The summed E-state index contributed by atoms with van der Waals surface area (Å²) in [4.78, 5) is 15.2. The van der Waals surface area contributed by atoms with E-state index in [9.17, 15) is 23.1 Å². The van der Waals surface area contributed by atoms with Crippen LogP contribution in [0.2, 0.25) is 0 Å². The summed E-state index contributed by atoms with van der Waals surface area (Å²) < 4.78 is 44.9. The lowest BCUT2D eigenvalue weighted by atomic mass is 9.93. The number of hydrogen-bond acceptors (Lipinski definition) is 7. The van der Waals surface area contributed by atoms with Crippen molar-refractivity contribution in [2.45, 2.75) is 31.2 Å². The second-order valence-corrected chi connectivity index (χ2v) is 5.92. The highest BCUT2D eigenvalue weighted by Crippen LogP contribution is 2.50. The number of carbonyl (C=O) groups is 1. The second-order valence-electron chi connectivity index (χ2n) is 5.08. The van der Waals surface area contributed by atoms with Crippen LogP contribution in [0.15, 0.2) is 10.5 Å². The molecule has 1 fully saturated rings. The van der Waals surface area contributed by atoms with Crippen molar-refractivity contribution in [2.24, 2.45) is 11.0 Å². The first-order valence-corrected chi connectivity index (χ1v) is 7.37. The Morgan fingerprint density at radius 1 is 1.59 bits per heavy atom. The number of aromatic nitrogens is 1. The van der Waals surface area contributed by atoms with Gasteiger partial charge in [-0.1, -0.05) is 0 Å². The number of rotatable bonds is 2. The first-order valence-electron chi connectivity index (χ1n) is 6.49. The summed E-state index contributed by atoms with van der Waals surface area (Å²) in [5.74, 6) is -1.86. The van der Waals surface area contributed by atoms with Crippen LogP contribution in [0, 0.1) is 5.92 Å². The molecule has 0 amide bonds. The van der Waals surface area contributed by atoms with Gasteiger partial charge in [0.25, 0.3) is 5.72 Å². The van der Waals surface area contributed by atoms with Gasteiger partial charge in [0.05, 0.1) is 13.0 Å². The topological polar surface area (TPSA) is 75.0 Å². The average molecular weight is 335 g/mol. The number of halogens is 3. The maximum absolute atomic E-state index is 13.5. The standard InChI is InChI=1S/C12H12F3N3O3S/c1-21-9(19)8-5-22-10(16-8)18-11(20,12(13,14)15)6-3-2-4-7(6)17-18/h5-6,20H,2-4H2,1H3/t6-,11-/m0/s1. The van der Waals surface area contributed by atoms with E-state index in [1.807, 2.05) is 0 Å². The summed E-state index contributed by atoms with van der Waals surface area (Å²) in [5.41, 5.74) is -2.93. The molecule has 120 valence electrons. The molecular formula is C12H12F3N3O3S. The van der Waals surface area contributed by atoms with Crippen LogP contribution in [0.3, 0.4) is 0 Å². The molecule has 1 N–H and O–H groups in total. The van der Waals surface area contributed by atoms with E-state index in [0.717, 1.165) is 18.4 Å². The molecule has 1 aliphatic heterocycles. The van der Waals surface area contributed by atoms with Gasteiger partial charge in [-0.05, 0) is 19.3 Å². The van der Waals surface area contributed by atoms with Gasteiger partial charge in [-0.2, -0.15) is 23.3 Å². The summed E-state index contributed by atoms with van der Waals surface area (Å²) in [5, 5.41) is 15.8. The van der Waals surface area contributed by atoms with E-state index in [1.54, 1.807) is 0 Å². The molecule has 22 heavy (non-hydrogen) atoms. The quantitative estimate of drug-likeness (QED) is 0.838. The van der Waals surface area contributed by atoms with Gasteiger partial charge in [0, 0.05) is 11.1 Å². The predicted molar refractivity (Wildman–Crippen MR) is 71.7 cm³/mol. The SMILES string of the molecule is COC(=O)c1csc(N2N=C3CCC[C@@H]3[C@]2(O)C(F)(F)F)n1. The van der Waals surface area contributed by atoms with Crippen LogP contribution in [-0.4, -0.2) is 40.8 Å². The largest absolute Gasteiger partial charge is 0.464 e. The number of carbonyl (C=O) groups excluding carboxylic acids is 1. The molecule has 6 nitrogen and oxygen atoms in total. The van der Waals surface area contributed by atoms with Gasteiger partial charge in [0.1, 0.15) is 0 Å². The maximum atomic E-state index is 13.5. The van der Waals surface area contributed by atoms with Crippen molar-refractivity contribution in [3.63, 3.8) is 0 Å². The Labute approximate surface area is 127 Å². The number of thiazole rings is 1. The zero-order chi connectivity index (χ0) is 16.1. The van der Waals surface area contributed by atoms with Crippen LogP contribution in [0.5, 0.6) is 0 Å². The minimum absolute atomic E-state index is 0.121. The van der Waals surface area contributed by atoms with E-state index in [0.29, 0.717) is 23.6 Å². The number of alkyl halides is 3. The van der Waals surface area contributed by atoms with Gasteiger partial charge in [-0.25, -0.2) is 9.78 Å². The van der Waals surface area contributed by atoms with E-state index in [2.05, 4.69) is 14.8 Å². The highest BCUT2D eigenvalue weighted by Gasteiger charge is 2.68. The molecule has 10 heteroatoms. The smallest absolute Gasteiger partial charge is 0.439 e. The third-order valence-corrected chi connectivity index (χ3v) is 4.67. The average Bonchev–Trinajstić information content (AvgIpc) is 3.13. The minimum Gasteiger partial charge on any atom is -0.464 e. The zero-order valence-corrected chi connectivity index (χ0v) is 12.2. The molecule has 0 bridgehead atoms. The Kier molecular flexibility index (Phi) is 3.40. The number of ether oxygens (including phenoxy) is 1. The molecule has 0 aromatic carbocycles. The van der Waals surface area contributed by atoms with Crippen molar-refractivity contribution < 1.29 is 27.8 Å². The Hall–Kier alpha value is -1.68. The predicted octanol–water partition coefficient (Wildman–Crippen LogP) is 2.16. The van der Waals surface area contributed by atoms with Crippen molar-refractivity contribution >= 4 is 28.1 Å². The summed E-state index contributed by atoms with van der Waals surface area (Å²) in [7, 11) is 1.15. The second kappa shape index (κ2) is 4.92. The lowest BCUT2D eigenvalue weighted by Crippen LogP contribution is -2.59. The first kappa shape index (κ1) is 15.2. The maximum Gasteiger partial charge on any atom is 0.439 e. The minimum atomic E-state index is -4.90. The number of methoxy groups -OCH3 is 1. The van der Waals surface area contributed by atoms with E-state index in [1.165, 1.54) is 5.38 Å². The van der Waals surface area contributed by atoms with E-state index >= 15 is 0 Å². The van der Waals surface area contributed by atoms with Gasteiger partial charge in [0.2, 0.25) is 5.13 Å². The summed E-state index contributed by atoms with van der Waals surface area (Å²) in [6.07, 6.45) is -3.72. The lowest BCUT2D eigenvalue weighted by molar-refractivity contribution is -0.268. The van der Waals surface area contributed by atoms with Crippen molar-refractivity contribution in [1.29, 1.82) is 0 Å². The Morgan fingerprint density at radius 3 is 2.95 bits per heavy atom. The van der Waals surface area contributed by atoms with E-state index < -0.39 is 23.8 Å². The van der Waals surface area contributed by atoms with E-state index in [4.69, 9.17) is 0 Å². The van der Waals surface area contributed by atoms with Gasteiger partial charge < -0.3 is 9.84 Å².